The lowest BCUT2D eigenvalue weighted by atomic mass is 10.0. The monoisotopic (exact) mass is 390 g/mol. The molecular weight excluding hydrogens is 368 g/mol. The van der Waals surface area contributed by atoms with Crippen molar-refractivity contribution in [2.75, 3.05) is 6.54 Å². The Bertz CT molecular complexity index is 904. The Morgan fingerprint density at radius 3 is 2.15 bits per heavy atom. The molecule has 2 aromatic carbocycles. The molecule has 0 aromatic heterocycles. The van der Waals surface area contributed by atoms with E-state index in [0.717, 1.165) is 5.56 Å². The van der Waals surface area contributed by atoms with Gasteiger partial charge in [0.05, 0.1) is 17.0 Å². The minimum absolute atomic E-state index is 0.0791. The minimum Gasteiger partial charge on any atom is -0.457 e. The predicted molar refractivity (Wildman–Crippen MR) is 100 cm³/mol. The highest BCUT2D eigenvalue weighted by Crippen LogP contribution is 2.16. The molecule has 0 atom stereocenters. The van der Waals surface area contributed by atoms with E-state index >= 15 is 0 Å². The van der Waals surface area contributed by atoms with Gasteiger partial charge in [-0.25, -0.2) is 17.9 Å². The van der Waals surface area contributed by atoms with E-state index in [1.807, 2.05) is 24.3 Å². The molecule has 0 spiro atoms. The van der Waals surface area contributed by atoms with Crippen molar-refractivity contribution in [2.24, 2.45) is 5.73 Å². The maximum atomic E-state index is 12.1. The summed E-state index contributed by atoms with van der Waals surface area (Å²) in [6.07, 6.45) is 0. The molecule has 8 heteroatoms. The Morgan fingerprint density at radius 2 is 1.63 bits per heavy atom. The molecular formula is C19H22N2O5S. The molecule has 2 rings (SSSR count). The number of carbonyl (C=O) groups is 2. The Morgan fingerprint density at radius 1 is 1.04 bits per heavy atom. The Labute approximate surface area is 158 Å². The maximum absolute atomic E-state index is 12.1. The summed E-state index contributed by atoms with van der Waals surface area (Å²) in [4.78, 5) is 22.7. The van der Waals surface area contributed by atoms with Crippen LogP contribution in [0.4, 0.5) is 0 Å². The number of benzene rings is 2. The van der Waals surface area contributed by atoms with Gasteiger partial charge in [0, 0.05) is 0 Å². The molecule has 0 aliphatic rings. The third-order valence-corrected chi connectivity index (χ3v) is 5.27. The summed E-state index contributed by atoms with van der Waals surface area (Å²) in [6, 6.07) is 13.0. The summed E-state index contributed by atoms with van der Waals surface area (Å²) in [5, 5.41) is 0. The highest BCUT2D eigenvalue weighted by atomic mass is 32.2. The number of carbonyl (C=O) groups excluding carboxylic acids is 2. The van der Waals surface area contributed by atoms with E-state index in [0.29, 0.717) is 5.92 Å². The van der Waals surface area contributed by atoms with Crippen LogP contribution in [-0.4, -0.2) is 26.8 Å². The van der Waals surface area contributed by atoms with Crippen LogP contribution < -0.4 is 10.5 Å². The Kier molecular flexibility index (Phi) is 6.70. The van der Waals surface area contributed by atoms with Crippen LogP contribution in [0.1, 0.15) is 41.3 Å². The zero-order valence-corrected chi connectivity index (χ0v) is 16.0. The van der Waals surface area contributed by atoms with E-state index < -0.39 is 28.4 Å². The molecule has 27 heavy (non-hydrogen) atoms. The van der Waals surface area contributed by atoms with Gasteiger partial charge in [-0.3, -0.25) is 4.79 Å². The lowest BCUT2D eigenvalue weighted by Crippen LogP contribution is -2.33. The number of nitrogens with two attached hydrogens (primary N) is 1. The SMILES string of the molecule is CC(C)c1ccc(COC(=O)c2ccc(S(=O)(=O)NCC(N)=O)cc2)cc1. The quantitative estimate of drug-likeness (QED) is 0.668. The van der Waals surface area contributed by atoms with Gasteiger partial charge in [0.2, 0.25) is 15.9 Å². The number of amides is 1. The molecule has 0 radical (unpaired) electrons. The van der Waals surface area contributed by atoms with Crippen LogP contribution >= 0.6 is 0 Å². The minimum atomic E-state index is -3.87. The smallest absolute Gasteiger partial charge is 0.338 e. The van der Waals surface area contributed by atoms with Crippen LogP contribution in [0.25, 0.3) is 0 Å². The molecule has 0 aliphatic carbocycles. The van der Waals surface area contributed by atoms with Crippen molar-refractivity contribution in [2.45, 2.75) is 31.3 Å². The molecule has 0 bridgehead atoms. The van der Waals surface area contributed by atoms with Crippen LogP contribution in [0.15, 0.2) is 53.4 Å². The molecule has 0 unspecified atom stereocenters. The van der Waals surface area contributed by atoms with Crippen molar-refractivity contribution < 1.29 is 22.7 Å². The number of rotatable bonds is 8. The molecule has 0 fully saturated rings. The topological polar surface area (TPSA) is 116 Å². The number of hydrogen-bond acceptors (Lipinski definition) is 5. The van der Waals surface area contributed by atoms with Gasteiger partial charge in [-0.15, -0.1) is 0 Å². The van der Waals surface area contributed by atoms with Gasteiger partial charge in [0.1, 0.15) is 6.61 Å². The molecule has 0 aliphatic heterocycles. The average molecular weight is 390 g/mol. The summed E-state index contributed by atoms with van der Waals surface area (Å²) in [5.74, 6) is -0.925. The highest BCUT2D eigenvalue weighted by Gasteiger charge is 2.16. The van der Waals surface area contributed by atoms with E-state index in [-0.39, 0.29) is 17.1 Å². The number of hydrogen-bond donors (Lipinski definition) is 2. The molecule has 0 saturated carbocycles. The van der Waals surface area contributed by atoms with Crippen molar-refractivity contribution in [3.05, 3.63) is 65.2 Å². The molecule has 144 valence electrons. The van der Waals surface area contributed by atoms with E-state index in [4.69, 9.17) is 10.5 Å². The number of esters is 1. The fourth-order valence-corrected chi connectivity index (χ4v) is 3.24. The third-order valence-electron chi connectivity index (χ3n) is 3.85. The first-order chi connectivity index (χ1) is 12.7. The van der Waals surface area contributed by atoms with E-state index in [1.54, 1.807) is 0 Å². The standard InChI is InChI=1S/C19H22N2O5S/c1-13(2)15-5-3-14(4-6-15)12-26-19(23)16-7-9-17(10-8-16)27(24,25)21-11-18(20)22/h3-10,13,21H,11-12H2,1-2H3,(H2,20,22). The van der Waals surface area contributed by atoms with Gasteiger partial charge >= 0.3 is 5.97 Å². The van der Waals surface area contributed by atoms with Crippen LogP contribution in [0.2, 0.25) is 0 Å². The second-order valence-electron chi connectivity index (χ2n) is 6.29. The van der Waals surface area contributed by atoms with Crippen LogP contribution in [-0.2, 0) is 26.2 Å². The van der Waals surface area contributed by atoms with Crippen LogP contribution in [0.5, 0.6) is 0 Å². The first-order valence-electron chi connectivity index (χ1n) is 8.33. The van der Waals surface area contributed by atoms with Crippen LogP contribution in [0, 0.1) is 0 Å². The molecule has 7 nitrogen and oxygen atoms in total. The number of nitrogens with one attached hydrogen (secondary N) is 1. The van der Waals surface area contributed by atoms with Crippen molar-refractivity contribution in [3.8, 4) is 0 Å². The van der Waals surface area contributed by atoms with Crippen LogP contribution in [0.3, 0.4) is 0 Å². The molecule has 3 N–H and O–H groups in total. The number of primary amides is 1. The molecule has 0 heterocycles. The summed E-state index contributed by atoms with van der Waals surface area (Å²) in [7, 11) is -3.87. The predicted octanol–water partition coefficient (Wildman–Crippen LogP) is 1.93. The van der Waals surface area contributed by atoms with E-state index in [9.17, 15) is 18.0 Å². The maximum Gasteiger partial charge on any atom is 0.338 e. The summed E-state index contributed by atoms with van der Waals surface area (Å²) >= 11 is 0. The van der Waals surface area contributed by atoms with Crippen molar-refractivity contribution in [1.82, 2.24) is 4.72 Å². The Hall–Kier alpha value is -2.71. The van der Waals surface area contributed by atoms with Gasteiger partial charge < -0.3 is 10.5 Å². The highest BCUT2D eigenvalue weighted by molar-refractivity contribution is 7.89. The van der Waals surface area contributed by atoms with E-state index in [2.05, 4.69) is 18.6 Å². The average Bonchev–Trinajstić information content (AvgIpc) is 2.65. The molecule has 1 amide bonds. The summed E-state index contributed by atoms with van der Waals surface area (Å²) in [6.45, 7) is 3.82. The number of ether oxygens (including phenoxy) is 1. The summed E-state index contributed by atoms with van der Waals surface area (Å²) < 4.78 is 31.3. The zero-order chi connectivity index (χ0) is 20.0. The third kappa shape index (κ3) is 5.90. The van der Waals surface area contributed by atoms with Crippen molar-refractivity contribution >= 4 is 21.9 Å². The second-order valence-corrected chi connectivity index (χ2v) is 8.05. The van der Waals surface area contributed by atoms with Gasteiger partial charge in [0.15, 0.2) is 0 Å². The Balaban J connectivity index is 1.98. The lowest BCUT2D eigenvalue weighted by Gasteiger charge is -2.09. The van der Waals surface area contributed by atoms with Gasteiger partial charge in [-0.05, 0) is 41.3 Å². The van der Waals surface area contributed by atoms with Crippen molar-refractivity contribution in [3.63, 3.8) is 0 Å². The van der Waals surface area contributed by atoms with E-state index in [1.165, 1.54) is 29.8 Å². The van der Waals surface area contributed by atoms with Crippen molar-refractivity contribution in [1.29, 1.82) is 0 Å². The first kappa shape index (κ1) is 20.6. The van der Waals surface area contributed by atoms with Gasteiger partial charge in [-0.2, -0.15) is 0 Å². The summed E-state index contributed by atoms with van der Waals surface area (Å²) in [5.41, 5.74) is 7.21. The molecule has 2 aromatic rings. The fraction of sp³-hybridized carbons (Fsp3) is 0.263. The largest absolute Gasteiger partial charge is 0.457 e. The van der Waals surface area contributed by atoms with Gasteiger partial charge in [0.25, 0.3) is 0 Å². The first-order valence-corrected chi connectivity index (χ1v) is 9.81. The van der Waals surface area contributed by atoms with Gasteiger partial charge in [-0.1, -0.05) is 38.1 Å². The lowest BCUT2D eigenvalue weighted by molar-refractivity contribution is -0.116. The normalized spacial score (nSPS) is 11.4. The molecule has 0 saturated heterocycles. The zero-order valence-electron chi connectivity index (χ0n) is 15.1. The fourth-order valence-electron chi connectivity index (χ4n) is 2.25. The number of sulfonamides is 1. The second kappa shape index (κ2) is 8.79.